The fourth-order valence-electron chi connectivity index (χ4n) is 3.03. The summed E-state index contributed by atoms with van der Waals surface area (Å²) < 4.78 is 5.35. The Hall–Kier alpha value is -2.41. The lowest BCUT2D eigenvalue weighted by atomic mass is 10.2. The number of hydrogen-bond donors (Lipinski definition) is 1. The maximum atomic E-state index is 12.3. The molecule has 0 saturated carbocycles. The van der Waals surface area contributed by atoms with Crippen LogP contribution in [0.2, 0.25) is 0 Å². The van der Waals surface area contributed by atoms with E-state index in [0.29, 0.717) is 24.9 Å². The quantitative estimate of drug-likeness (QED) is 0.871. The lowest BCUT2D eigenvalue weighted by Crippen LogP contribution is -2.44. The molecule has 3 heterocycles. The van der Waals surface area contributed by atoms with Crippen molar-refractivity contribution in [3.8, 4) is 11.3 Å². The lowest BCUT2D eigenvalue weighted by molar-refractivity contribution is 0.193. The Bertz CT molecular complexity index is 682. The van der Waals surface area contributed by atoms with Gasteiger partial charge in [-0.25, -0.2) is 4.79 Å². The summed E-state index contributed by atoms with van der Waals surface area (Å²) in [6.45, 7) is 5.44. The molecule has 0 radical (unpaired) electrons. The molecule has 1 N–H and O–H groups in total. The third-order valence-corrected chi connectivity index (χ3v) is 4.59. The number of nitrogens with one attached hydrogen (secondary N) is 1. The second kappa shape index (κ2) is 8.11. The van der Waals surface area contributed by atoms with Crippen molar-refractivity contribution in [3.63, 3.8) is 0 Å². The van der Waals surface area contributed by atoms with Gasteiger partial charge in [0.1, 0.15) is 5.69 Å². The number of amides is 2. The summed E-state index contributed by atoms with van der Waals surface area (Å²) in [5.41, 5.74) is 1.69. The zero-order valence-corrected chi connectivity index (χ0v) is 14.8. The van der Waals surface area contributed by atoms with Crippen molar-refractivity contribution in [3.05, 3.63) is 36.4 Å². The zero-order chi connectivity index (χ0) is 17.6. The first kappa shape index (κ1) is 17.4. The molecule has 2 aromatic rings. The highest BCUT2D eigenvalue weighted by atomic mass is 16.5. The smallest absolute Gasteiger partial charge is 0.317 e. The van der Waals surface area contributed by atoms with Crippen molar-refractivity contribution < 1.29 is 9.32 Å². The van der Waals surface area contributed by atoms with Crippen LogP contribution in [-0.4, -0.2) is 58.7 Å². The van der Waals surface area contributed by atoms with Gasteiger partial charge < -0.3 is 14.7 Å². The van der Waals surface area contributed by atoms with Gasteiger partial charge in [-0.2, -0.15) is 0 Å². The fraction of sp³-hybridized carbons (Fsp3) is 0.500. The molecule has 0 bridgehead atoms. The van der Waals surface area contributed by atoms with Gasteiger partial charge in [-0.15, -0.1) is 0 Å². The Morgan fingerprint density at radius 3 is 2.80 bits per heavy atom. The fourth-order valence-corrected chi connectivity index (χ4v) is 3.03. The molecule has 0 spiro atoms. The third kappa shape index (κ3) is 4.57. The van der Waals surface area contributed by atoms with Gasteiger partial charge in [0, 0.05) is 43.7 Å². The molecule has 1 atom stereocenters. The lowest BCUT2D eigenvalue weighted by Gasteiger charge is -2.25. The van der Waals surface area contributed by atoms with Gasteiger partial charge in [0.2, 0.25) is 0 Å². The molecule has 7 heteroatoms. The average molecular weight is 343 g/mol. The molecule has 1 aliphatic heterocycles. The van der Waals surface area contributed by atoms with Gasteiger partial charge >= 0.3 is 6.03 Å². The van der Waals surface area contributed by atoms with Gasteiger partial charge in [-0.1, -0.05) is 5.16 Å². The first-order chi connectivity index (χ1) is 12.1. The van der Waals surface area contributed by atoms with E-state index < -0.39 is 0 Å². The van der Waals surface area contributed by atoms with Crippen molar-refractivity contribution in [2.75, 3.05) is 26.7 Å². The second-order valence-corrected chi connectivity index (χ2v) is 6.55. The number of hydrogen-bond acceptors (Lipinski definition) is 5. The number of nitrogens with zero attached hydrogens (tertiary/aromatic N) is 4. The monoisotopic (exact) mass is 343 g/mol. The minimum atomic E-state index is -0.104. The summed E-state index contributed by atoms with van der Waals surface area (Å²) in [4.78, 5) is 20.3. The number of pyridine rings is 1. The Morgan fingerprint density at radius 1 is 1.36 bits per heavy atom. The average Bonchev–Trinajstić information content (AvgIpc) is 3.32. The maximum absolute atomic E-state index is 12.3. The van der Waals surface area contributed by atoms with E-state index in [9.17, 15) is 4.79 Å². The van der Waals surface area contributed by atoms with Crippen LogP contribution in [0, 0.1) is 0 Å². The van der Waals surface area contributed by atoms with Crippen molar-refractivity contribution in [2.45, 2.75) is 32.4 Å². The van der Waals surface area contributed by atoms with Crippen LogP contribution in [-0.2, 0) is 6.54 Å². The van der Waals surface area contributed by atoms with Gasteiger partial charge in [-0.05, 0) is 45.0 Å². The van der Waals surface area contributed by atoms with Crippen molar-refractivity contribution in [2.24, 2.45) is 0 Å². The minimum Gasteiger partial charge on any atom is -0.359 e. The van der Waals surface area contributed by atoms with E-state index in [1.807, 2.05) is 18.2 Å². The Morgan fingerprint density at radius 2 is 2.08 bits per heavy atom. The number of carbonyl (C=O) groups excluding carboxylic acids is 1. The molecular formula is C18H25N5O2. The number of likely N-dealkylation sites (tertiary alicyclic amines) is 1. The SMILES string of the molecule is C[C@@H](CNC(=O)N(C)Cc1cc(-c2ccncc2)no1)N1CCCC1. The van der Waals surface area contributed by atoms with Crippen LogP contribution < -0.4 is 5.32 Å². The molecule has 0 unspecified atom stereocenters. The molecule has 25 heavy (non-hydrogen) atoms. The maximum Gasteiger partial charge on any atom is 0.317 e. The molecule has 3 rings (SSSR count). The number of aromatic nitrogens is 2. The van der Waals surface area contributed by atoms with E-state index in [2.05, 4.69) is 27.3 Å². The summed E-state index contributed by atoms with van der Waals surface area (Å²) >= 11 is 0. The van der Waals surface area contributed by atoms with Crippen LogP contribution in [0.15, 0.2) is 35.1 Å². The van der Waals surface area contributed by atoms with Gasteiger partial charge in [0.05, 0.1) is 6.54 Å². The molecule has 2 aromatic heterocycles. The summed E-state index contributed by atoms with van der Waals surface area (Å²) in [6.07, 6.45) is 5.93. The van der Waals surface area contributed by atoms with Crippen molar-refractivity contribution in [1.29, 1.82) is 0 Å². The minimum absolute atomic E-state index is 0.104. The van der Waals surface area contributed by atoms with E-state index in [-0.39, 0.29) is 6.03 Å². The molecule has 7 nitrogen and oxygen atoms in total. The molecule has 1 fully saturated rings. The first-order valence-corrected chi connectivity index (χ1v) is 8.72. The number of carbonyl (C=O) groups is 1. The summed E-state index contributed by atoms with van der Waals surface area (Å²) in [6, 6.07) is 5.86. The summed E-state index contributed by atoms with van der Waals surface area (Å²) in [5.74, 6) is 0.650. The van der Waals surface area contributed by atoms with Crippen molar-refractivity contribution >= 4 is 6.03 Å². The molecule has 1 saturated heterocycles. The molecule has 134 valence electrons. The topological polar surface area (TPSA) is 74.5 Å². The predicted molar refractivity (Wildman–Crippen MR) is 94.9 cm³/mol. The van der Waals surface area contributed by atoms with E-state index in [1.165, 1.54) is 12.8 Å². The first-order valence-electron chi connectivity index (χ1n) is 8.72. The number of rotatable bonds is 6. The molecule has 0 aromatic carbocycles. The summed E-state index contributed by atoms with van der Waals surface area (Å²) in [7, 11) is 1.75. The number of urea groups is 1. The normalized spacial score (nSPS) is 15.9. The van der Waals surface area contributed by atoms with Crippen LogP contribution in [0.3, 0.4) is 0 Å². The Labute approximate surface area is 148 Å². The predicted octanol–water partition coefficient (Wildman–Crippen LogP) is 2.36. The van der Waals surface area contributed by atoms with Gasteiger partial charge in [0.25, 0.3) is 0 Å². The largest absolute Gasteiger partial charge is 0.359 e. The van der Waals surface area contributed by atoms with E-state index in [0.717, 1.165) is 24.3 Å². The Balaban J connectivity index is 1.49. The molecule has 2 amide bonds. The summed E-state index contributed by atoms with van der Waals surface area (Å²) in [5, 5.41) is 7.05. The van der Waals surface area contributed by atoms with E-state index >= 15 is 0 Å². The highest BCUT2D eigenvalue weighted by molar-refractivity contribution is 5.73. The van der Waals surface area contributed by atoms with Crippen molar-refractivity contribution in [1.82, 2.24) is 25.3 Å². The van der Waals surface area contributed by atoms with E-state index in [1.54, 1.807) is 24.3 Å². The molecular weight excluding hydrogens is 318 g/mol. The van der Waals surface area contributed by atoms with Crippen LogP contribution >= 0.6 is 0 Å². The van der Waals surface area contributed by atoms with Crippen LogP contribution in [0.4, 0.5) is 4.79 Å². The van der Waals surface area contributed by atoms with Crippen LogP contribution in [0.5, 0.6) is 0 Å². The zero-order valence-electron chi connectivity index (χ0n) is 14.8. The standard InChI is InChI=1S/C18H25N5O2/c1-14(23-9-3-4-10-23)12-20-18(24)22(2)13-16-11-17(21-25-16)15-5-7-19-8-6-15/h5-8,11,14H,3-4,9-10,12-13H2,1-2H3,(H,20,24)/t14-/m0/s1. The van der Waals surface area contributed by atoms with Gasteiger partial charge in [-0.3, -0.25) is 9.88 Å². The van der Waals surface area contributed by atoms with Gasteiger partial charge in [0.15, 0.2) is 5.76 Å². The van der Waals surface area contributed by atoms with Crippen LogP contribution in [0.1, 0.15) is 25.5 Å². The molecule has 1 aliphatic rings. The van der Waals surface area contributed by atoms with E-state index in [4.69, 9.17) is 4.52 Å². The Kier molecular flexibility index (Phi) is 5.65. The highest BCUT2D eigenvalue weighted by Crippen LogP contribution is 2.18. The molecule has 0 aliphatic carbocycles. The van der Waals surface area contributed by atoms with Crippen LogP contribution in [0.25, 0.3) is 11.3 Å². The second-order valence-electron chi connectivity index (χ2n) is 6.55. The third-order valence-electron chi connectivity index (χ3n) is 4.59. The highest BCUT2D eigenvalue weighted by Gasteiger charge is 2.19.